The lowest BCUT2D eigenvalue weighted by Crippen LogP contribution is -2.40. The average Bonchev–Trinajstić information content (AvgIpc) is 3.14. The second kappa shape index (κ2) is 7.55. The molecule has 0 bridgehead atoms. The lowest BCUT2D eigenvalue weighted by molar-refractivity contribution is 0.0902. The molecule has 1 aromatic heterocycles. The molecule has 0 amide bonds. The fourth-order valence-electron chi connectivity index (χ4n) is 3.37. The first kappa shape index (κ1) is 17.3. The number of aliphatic hydroxyl groups is 1. The van der Waals surface area contributed by atoms with Crippen LogP contribution in [0.3, 0.4) is 0 Å². The molecule has 24 heavy (non-hydrogen) atoms. The number of thiophene rings is 1. The van der Waals surface area contributed by atoms with Crippen LogP contribution in [-0.4, -0.2) is 43.4 Å². The molecule has 2 unspecified atom stereocenters. The molecule has 2 heterocycles. The van der Waals surface area contributed by atoms with Crippen molar-refractivity contribution in [2.45, 2.75) is 31.9 Å². The van der Waals surface area contributed by atoms with Crippen LogP contribution in [0.1, 0.15) is 35.4 Å². The summed E-state index contributed by atoms with van der Waals surface area (Å²) in [4.78, 5) is 3.68. The molecule has 0 saturated heterocycles. The molecule has 3 rings (SSSR count). The minimum atomic E-state index is -0.297. The van der Waals surface area contributed by atoms with E-state index in [1.54, 1.807) is 25.6 Å². The monoisotopic (exact) mass is 347 g/mol. The van der Waals surface area contributed by atoms with E-state index in [9.17, 15) is 5.11 Å². The standard InChI is InChI=1S/C19H25NO3S/c1-4-14(21)12-20-8-7-13-10-16(22-2)17(23-3)11-15(13)19(20)18-6-5-9-24-18/h5-6,9-11,14,19,21H,4,7-8,12H2,1-3H3. The molecule has 5 heteroatoms. The number of β-amino-alcohol motifs (C(OH)–C–C–N with tert-alkyl or cyclic N) is 1. The topological polar surface area (TPSA) is 41.9 Å². The van der Waals surface area contributed by atoms with Crippen molar-refractivity contribution in [2.75, 3.05) is 27.3 Å². The van der Waals surface area contributed by atoms with Crippen LogP contribution in [0.4, 0.5) is 0 Å². The maximum Gasteiger partial charge on any atom is 0.161 e. The third-order valence-corrected chi connectivity index (χ3v) is 5.63. The average molecular weight is 347 g/mol. The molecule has 0 fully saturated rings. The van der Waals surface area contributed by atoms with Crippen LogP contribution in [0.2, 0.25) is 0 Å². The molecule has 0 radical (unpaired) electrons. The van der Waals surface area contributed by atoms with Crippen molar-refractivity contribution in [3.8, 4) is 11.5 Å². The van der Waals surface area contributed by atoms with Gasteiger partial charge in [0.25, 0.3) is 0 Å². The fourth-order valence-corrected chi connectivity index (χ4v) is 4.25. The van der Waals surface area contributed by atoms with E-state index in [1.165, 1.54) is 16.0 Å². The van der Waals surface area contributed by atoms with Gasteiger partial charge in [-0.2, -0.15) is 0 Å². The summed E-state index contributed by atoms with van der Waals surface area (Å²) in [5.74, 6) is 1.54. The number of hydrogen-bond donors (Lipinski definition) is 1. The van der Waals surface area contributed by atoms with Gasteiger partial charge in [0.15, 0.2) is 11.5 Å². The van der Waals surface area contributed by atoms with E-state index in [-0.39, 0.29) is 12.1 Å². The van der Waals surface area contributed by atoms with Gasteiger partial charge in [-0.15, -0.1) is 11.3 Å². The van der Waals surface area contributed by atoms with Crippen molar-refractivity contribution in [2.24, 2.45) is 0 Å². The van der Waals surface area contributed by atoms with Gasteiger partial charge in [0.2, 0.25) is 0 Å². The van der Waals surface area contributed by atoms with Gasteiger partial charge < -0.3 is 14.6 Å². The molecule has 4 nitrogen and oxygen atoms in total. The number of methoxy groups -OCH3 is 2. The third kappa shape index (κ3) is 3.29. The van der Waals surface area contributed by atoms with Gasteiger partial charge in [-0.05, 0) is 47.5 Å². The fraction of sp³-hybridized carbons (Fsp3) is 0.474. The molecule has 0 saturated carbocycles. The van der Waals surface area contributed by atoms with Gasteiger partial charge in [-0.3, -0.25) is 4.90 Å². The molecule has 1 aliphatic heterocycles. The number of ether oxygens (including phenoxy) is 2. The molecule has 1 aliphatic rings. The van der Waals surface area contributed by atoms with Crippen LogP contribution in [-0.2, 0) is 6.42 Å². The molecule has 2 atom stereocenters. The highest BCUT2D eigenvalue weighted by Gasteiger charge is 2.31. The zero-order valence-electron chi connectivity index (χ0n) is 14.5. The summed E-state index contributed by atoms with van der Waals surface area (Å²) in [6, 6.07) is 8.62. The van der Waals surface area contributed by atoms with E-state index in [0.29, 0.717) is 6.54 Å². The molecule has 2 aromatic rings. The summed E-state index contributed by atoms with van der Waals surface area (Å²) in [6.45, 7) is 3.64. The quantitative estimate of drug-likeness (QED) is 0.869. The van der Waals surface area contributed by atoms with Crippen molar-refractivity contribution >= 4 is 11.3 Å². The van der Waals surface area contributed by atoms with Gasteiger partial charge in [0, 0.05) is 18.0 Å². The lowest BCUT2D eigenvalue weighted by Gasteiger charge is -2.38. The van der Waals surface area contributed by atoms with E-state index < -0.39 is 0 Å². The number of fused-ring (bicyclic) bond motifs is 1. The predicted octanol–water partition coefficient (Wildman–Crippen LogP) is 3.48. The van der Waals surface area contributed by atoms with Gasteiger partial charge in [-0.25, -0.2) is 0 Å². The maximum absolute atomic E-state index is 10.2. The molecule has 0 aliphatic carbocycles. The van der Waals surface area contributed by atoms with Crippen LogP contribution in [0.25, 0.3) is 0 Å². The summed E-state index contributed by atoms with van der Waals surface area (Å²) in [6.07, 6.45) is 1.43. The highest BCUT2D eigenvalue weighted by molar-refractivity contribution is 7.10. The first-order valence-electron chi connectivity index (χ1n) is 8.38. The van der Waals surface area contributed by atoms with Crippen LogP contribution in [0.15, 0.2) is 29.6 Å². The summed E-state index contributed by atoms with van der Waals surface area (Å²) in [5, 5.41) is 12.3. The lowest BCUT2D eigenvalue weighted by atomic mass is 9.90. The number of hydrogen-bond acceptors (Lipinski definition) is 5. The first-order valence-corrected chi connectivity index (χ1v) is 9.26. The van der Waals surface area contributed by atoms with Crippen LogP contribution >= 0.6 is 11.3 Å². The van der Waals surface area contributed by atoms with E-state index in [2.05, 4.69) is 34.5 Å². The number of rotatable bonds is 6. The van der Waals surface area contributed by atoms with Crippen molar-refractivity contribution in [1.82, 2.24) is 4.90 Å². The van der Waals surface area contributed by atoms with E-state index in [1.807, 2.05) is 6.92 Å². The largest absolute Gasteiger partial charge is 0.493 e. The highest BCUT2D eigenvalue weighted by Crippen LogP contribution is 2.42. The SMILES string of the molecule is CCC(O)CN1CCc2cc(OC)c(OC)cc2C1c1cccs1. The molecule has 1 N–H and O–H groups in total. The minimum absolute atomic E-state index is 0.162. The number of benzene rings is 1. The van der Waals surface area contributed by atoms with Crippen molar-refractivity contribution in [3.05, 3.63) is 45.6 Å². The predicted molar refractivity (Wildman–Crippen MR) is 97.3 cm³/mol. The molecule has 130 valence electrons. The van der Waals surface area contributed by atoms with E-state index >= 15 is 0 Å². The van der Waals surface area contributed by atoms with Crippen molar-refractivity contribution in [3.63, 3.8) is 0 Å². The Bertz CT molecular complexity index is 672. The Morgan fingerprint density at radius 2 is 2.04 bits per heavy atom. The minimum Gasteiger partial charge on any atom is -0.493 e. The Morgan fingerprint density at radius 1 is 1.29 bits per heavy atom. The Hall–Kier alpha value is -1.56. The second-order valence-electron chi connectivity index (χ2n) is 6.13. The Morgan fingerprint density at radius 3 is 2.67 bits per heavy atom. The van der Waals surface area contributed by atoms with Crippen molar-refractivity contribution in [1.29, 1.82) is 0 Å². The molecular formula is C19H25NO3S. The number of aliphatic hydroxyl groups excluding tert-OH is 1. The van der Waals surface area contributed by atoms with Gasteiger partial charge >= 0.3 is 0 Å². The van der Waals surface area contributed by atoms with Crippen molar-refractivity contribution < 1.29 is 14.6 Å². The van der Waals surface area contributed by atoms with Gasteiger partial charge in [-0.1, -0.05) is 13.0 Å². The Kier molecular flexibility index (Phi) is 5.43. The Labute approximate surface area is 147 Å². The van der Waals surface area contributed by atoms with E-state index in [0.717, 1.165) is 30.9 Å². The normalized spacial score (nSPS) is 18.9. The highest BCUT2D eigenvalue weighted by atomic mass is 32.1. The van der Waals surface area contributed by atoms with Gasteiger partial charge in [0.1, 0.15) is 0 Å². The summed E-state index contributed by atoms with van der Waals surface area (Å²) in [7, 11) is 3.35. The number of nitrogens with zero attached hydrogens (tertiary/aromatic N) is 1. The molecule has 0 spiro atoms. The van der Waals surface area contributed by atoms with Crippen LogP contribution in [0.5, 0.6) is 11.5 Å². The summed E-state index contributed by atoms with van der Waals surface area (Å²) < 4.78 is 11.0. The van der Waals surface area contributed by atoms with Crippen LogP contribution in [0, 0.1) is 0 Å². The second-order valence-corrected chi connectivity index (χ2v) is 7.11. The maximum atomic E-state index is 10.2. The summed E-state index contributed by atoms with van der Waals surface area (Å²) in [5.41, 5.74) is 2.55. The van der Waals surface area contributed by atoms with Crippen LogP contribution < -0.4 is 9.47 Å². The third-order valence-electron chi connectivity index (χ3n) is 4.70. The molecule has 1 aromatic carbocycles. The van der Waals surface area contributed by atoms with Gasteiger partial charge in [0.05, 0.1) is 26.4 Å². The Balaban J connectivity index is 2.04. The van der Waals surface area contributed by atoms with E-state index in [4.69, 9.17) is 9.47 Å². The zero-order valence-corrected chi connectivity index (χ0v) is 15.3. The molecular weight excluding hydrogens is 322 g/mol. The zero-order chi connectivity index (χ0) is 17.1. The first-order chi connectivity index (χ1) is 11.7. The summed E-state index contributed by atoms with van der Waals surface area (Å²) >= 11 is 1.76. The smallest absolute Gasteiger partial charge is 0.161 e.